The minimum atomic E-state index is -0.0460. The van der Waals surface area contributed by atoms with Crippen LogP contribution in [0.1, 0.15) is 0 Å². The molecule has 0 spiro atoms. The van der Waals surface area contributed by atoms with Gasteiger partial charge in [0, 0.05) is 26.2 Å². The maximum atomic E-state index is 11.0. The summed E-state index contributed by atoms with van der Waals surface area (Å²) in [6, 6.07) is 0. The van der Waals surface area contributed by atoms with Gasteiger partial charge < -0.3 is 10.6 Å². The lowest BCUT2D eigenvalue weighted by molar-refractivity contribution is -0.124. The summed E-state index contributed by atoms with van der Waals surface area (Å²) >= 11 is 0. The average molecular weight is 154 g/mol. The van der Waals surface area contributed by atoms with Crippen molar-refractivity contribution in [3.05, 3.63) is 24.8 Å². The number of hydrogen-bond donors (Lipinski definition) is 1. The molecule has 11 heavy (non-hydrogen) atoms. The van der Waals surface area contributed by atoms with Gasteiger partial charge in [-0.25, -0.2) is 0 Å². The monoisotopic (exact) mass is 154 g/mol. The number of rotatable bonds is 4. The molecule has 3 nitrogen and oxygen atoms in total. The Bertz CT molecular complexity index is 163. The highest BCUT2D eigenvalue weighted by molar-refractivity contribution is 5.87. The van der Waals surface area contributed by atoms with Gasteiger partial charge in [0.15, 0.2) is 0 Å². The smallest absolute Gasteiger partial charge is 0.246 e. The lowest BCUT2D eigenvalue weighted by Crippen LogP contribution is -2.30. The van der Waals surface area contributed by atoms with Crippen molar-refractivity contribution < 1.29 is 4.79 Å². The molecule has 0 saturated carbocycles. The minimum absolute atomic E-state index is 0.0460. The van der Waals surface area contributed by atoms with Gasteiger partial charge in [0.05, 0.1) is 0 Å². The fraction of sp³-hybridized carbons (Fsp3) is 0.375. The molecule has 0 aliphatic heterocycles. The molecule has 2 N–H and O–H groups in total. The molecule has 0 aromatic rings. The fourth-order valence-corrected chi connectivity index (χ4v) is 0.581. The number of hydrogen-bond acceptors (Lipinski definition) is 2. The van der Waals surface area contributed by atoms with Crippen LogP contribution < -0.4 is 5.73 Å². The van der Waals surface area contributed by atoms with Crippen LogP contribution in [0.5, 0.6) is 0 Å². The topological polar surface area (TPSA) is 46.3 Å². The Morgan fingerprint density at radius 1 is 1.73 bits per heavy atom. The Labute approximate surface area is 67.2 Å². The van der Waals surface area contributed by atoms with Crippen LogP contribution in [0, 0.1) is 0 Å². The third-order valence-electron chi connectivity index (χ3n) is 1.22. The maximum Gasteiger partial charge on any atom is 0.246 e. The number of likely N-dealkylation sites (N-methyl/N-ethyl adjacent to an activating group) is 1. The van der Waals surface area contributed by atoms with E-state index in [0.29, 0.717) is 13.1 Å². The number of amides is 1. The van der Waals surface area contributed by atoms with Gasteiger partial charge in [-0.2, -0.15) is 0 Å². The number of nitrogens with two attached hydrogens (primary N) is 1. The van der Waals surface area contributed by atoms with Crippen molar-refractivity contribution in [3.8, 4) is 0 Å². The summed E-state index contributed by atoms with van der Waals surface area (Å²) in [7, 11) is 1.71. The SMILES string of the molecule is C=C/C=C\C(=O)N(C)CCN. The molecule has 0 fully saturated rings. The highest BCUT2D eigenvalue weighted by atomic mass is 16.2. The van der Waals surface area contributed by atoms with Gasteiger partial charge in [-0.05, 0) is 0 Å². The first kappa shape index (κ1) is 9.91. The van der Waals surface area contributed by atoms with Gasteiger partial charge in [-0.1, -0.05) is 18.7 Å². The van der Waals surface area contributed by atoms with E-state index in [1.807, 2.05) is 0 Å². The van der Waals surface area contributed by atoms with Crippen LogP contribution >= 0.6 is 0 Å². The number of allylic oxidation sites excluding steroid dienone is 2. The second-order valence-electron chi connectivity index (χ2n) is 2.14. The largest absolute Gasteiger partial charge is 0.341 e. The van der Waals surface area contributed by atoms with Crippen molar-refractivity contribution in [2.45, 2.75) is 0 Å². The lowest BCUT2D eigenvalue weighted by atomic mass is 10.4. The molecule has 0 radical (unpaired) electrons. The summed E-state index contributed by atoms with van der Waals surface area (Å²) in [5.74, 6) is -0.0460. The van der Waals surface area contributed by atoms with Gasteiger partial charge in [-0.3, -0.25) is 4.79 Å². The Morgan fingerprint density at radius 3 is 2.82 bits per heavy atom. The maximum absolute atomic E-state index is 11.0. The van der Waals surface area contributed by atoms with E-state index in [2.05, 4.69) is 6.58 Å². The third-order valence-corrected chi connectivity index (χ3v) is 1.22. The van der Waals surface area contributed by atoms with Gasteiger partial charge >= 0.3 is 0 Å². The summed E-state index contributed by atoms with van der Waals surface area (Å²) in [5, 5.41) is 0. The van der Waals surface area contributed by atoms with Crippen molar-refractivity contribution in [2.24, 2.45) is 5.73 Å². The van der Waals surface area contributed by atoms with Crippen molar-refractivity contribution >= 4 is 5.91 Å². The first-order valence-electron chi connectivity index (χ1n) is 3.46. The number of nitrogens with zero attached hydrogens (tertiary/aromatic N) is 1. The third kappa shape index (κ3) is 4.33. The van der Waals surface area contributed by atoms with Gasteiger partial charge in [-0.15, -0.1) is 0 Å². The number of carbonyl (C=O) groups excluding carboxylic acids is 1. The van der Waals surface area contributed by atoms with E-state index in [-0.39, 0.29) is 5.91 Å². The van der Waals surface area contributed by atoms with Crippen molar-refractivity contribution in [1.82, 2.24) is 4.90 Å². The van der Waals surface area contributed by atoms with Crippen molar-refractivity contribution in [3.63, 3.8) is 0 Å². The second kappa shape index (κ2) is 5.68. The summed E-state index contributed by atoms with van der Waals surface area (Å²) in [5.41, 5.74) is 5.26. The molecule has 0 heterocycles. The van der Waals surface area contributed by atoms with Crippen LogP contribution in [0.2, 0.25) is 0 Å². The van der Waals surface area contributed by atoms with E-state index in [9.17, 15) is 4.79 Å². The summed E-state index contributed by atoms with van der Waals surface area (Å²) in [6.45, 7) is 4.53. The van der Waals surface area contributed by atoms with Gasteiger partial charge in [0.1, 0.15) is 0 Å². The highest BCUT2D eigenvalue weighted by Crippen LogP contribution is 1.85. The van der Waals surface area contributed by atoms with E-state index in [1.165, 1.54) is 6.08 Å². The molecule has 0 aromatic heterocycles. The van der Waals surface area contributed by atoms with E-state index >= 15 is 0 Å². The predicted molar refractivity (Wildman–Crippen MR) is 46.0 cm³/mol. The fourth-order valence-electron chi connectivity index (χ4n) is 0.581. The van der Waals surface area contributed by atoms with Gasteiger partial charge in [0.25, 0.3) is 0 Å². The average Bonchev–Trinajstić information content (AvgIpc) is 2.00. The van der Waals surface area contributed by atoms with Crippen LogP contribution in [0.4, 0.5) is 0 Å². The Kier molecular flexibility index (Phi) is 5.11. The molecule has 0 unspecified atom stereocenters. The van der Waals surface area contributed by atoms with Crippen molar-refractivity contribution in [2.75, 3.05) is 20.1 Å². The molecule has 0 bridgehead atoms. The van der Waals surface area contributed by atoms with E-state index in [4.69, 9.17) is 5.73 Å². The van der Waals surface area contributed by atoms with Crippen LogP contribution in [0.25, 0.3) is 0 Å². The molecule has 0 aliphatic rings. The summed E-state index contributed by atoms with van der Waals surface area (Å²) in [6.07, 6.45) is 4.63. The normalized spacial score (nSPS) is 10.0. The van der Waals surface area contributed by atoms with Crippen LogP contribution in [0.3, 0.4) is 0 Å². The quantitative estimate of drug-likeness (QED) is 0.462. The zero-order valence-corrected chi connectivity index (χ0v) is 6.79. The molecule has 1 amide bonds. The molecule has 0 aromatic carbocycles. The van der Waals surface area contributed by atoms with Gasteiger partial charge in [0.2, 0.25) is 5.91 Å². The molecule has 0 aliphatic carbocycles. The Hall–Kier alpha value is -1.09. The molecule has 0 atom stereocenters. The zero-order chi connectivity index (χ0) is 8.69. The predicted octanol–water partition coefficient (Wildman–Crippen LogP) is 0.146. The highest BCUT2D eigenvalue weighted by Gasteiger charge is 2.00. The minimum Gasteiger partial charge on any atom is -0.341 e. The lowest BCUT2D eigenvalue weighted by Gasteiger charge is -2.12. The first-order valence-corrected chi connectivity index (χ1v) is 3.46. The Morgan fingerprint density at radius 2 is 2.36 bits per heavy atom. The molecule has 3 heteroatoms. The zero-order valence-electron chi connectivity index (χ0n) is 6.79. The van der Waals surface area contributed by atoms with E-state index in [0.717, 1.165) is 0 Å². The standard InChI is InChI=1S/C8H14N2O/c1-3-4-5-8(11)10(2)7-6-9/h3-5H,1,6-7,9H2,2H3/b5-4-. The summed E-state index contributed by atoms with van der Waals surface area (Å²) < 4.78 is 0. The molecule has 62 valence electrons. The number of carbonyl (C=O) groups is 1. The molecule has 0 saturated heterocycles. The van der Waals surface area contributed by atoms with Crippen LogP contribution in [-0.4, -0.2) is 30.9 Å². The molecular formula is C8H14N2O. The first-order chi connectivity index (χ1) is 5.22. The molecule has 0 rings (SSSR count). The molecular weight excluding hydrogens is 140 g/mol. The van der Waals surface area contributed by atoms with Crippen molar-refractivity contribution in [1.29, 1.82) is 0 Å². The second-order valence-corrected chi connectivity index (χ2v) is 2.14. The van der Waals surface area contributed by atoms with Crippen LogP contribution in [-0.2, 0) is 4.79 Å². The van der Waals surface area contributed by atoms with E-state index < -0.39 is 0 Å². The van der Waals surface area contributed by atoms with E-state index in [1.54, 1.807) is 24.1 Å². The van der Waals surface area contributed by atoms with Crippen LogP contribution in [0.15, 0.2) is 24.8 Å². The summed E-state index contributed by atoms with van der Waals surface area (Å²) in [4.78, 5) is 12.6. The Balaban J connectivity index is 3.81.